The number of halogens is 7. The van der Waals surface area contributed by atoms with E-state index in [1.807, 2.05) is 6.07 Å². The van der Waals surface area contributed by atoms with Crippen LogP contribution in [0.3, 0.4) is 0 Å². The molecule has 232 valence electrons. The molecule has 0 radical (unpaired) electrons. The minimum Gasteiger partial charge on any atom is -0.429 e. The standard InChI is InChI=1S/C27H27ClF6N6O3/c1-14(41)40(27(13-36)8-9-27)22(42)17-10-15(6-7-18(17)28)16(11-35)12-37-21-19(43-23(29)30)20(38-39(21)5)24(2,25(3,31)32)26(4,33)34/h6-7,10-12,23,35,37H,8-9H2,1-5H3/b16-12+,35-11?. The number of carbonyl (C=O) groups excluding carboxylic acids is 2. The highest BCUT2D eigenvalue weighted by Gasteiger charge is 2.64. The average molecular weight is 633 g/mol. The third-order valence-corrected chi connectivity index (χ3v) is 7.70. The number of ether oxygens (including phenoxy) is 1. The van der Waals surface area contributed by atoms with Crippen molar-refractivity contribution in [1.29, 1.82) is 10.7 Å². The van der Waals surface area contributed by atoms with Crippen LogP contribution >= 0.6 is 11.6 Å². The molecular formula is C27H27ClF6N6O3. The minimum absolute atomic E-state index is 0.0309. The first-order chi connectivity index (χ1) is 19.8. The van der Waals surface area contributed by atoms with Crippen molar-refractivity contribution in [3.63, 3.8) is 0 Å². The van der Waals surface area contributed by atoms with Crippen LogP contribution in [0.15, 0.2) is 24.4 Å². The Morgan fingerprint density at radius 1 is 1.23 bits per heavy atom. The summed E-state index contributed by atoms with van der Waals surface area (Å²) in [5, 5.41) is 23.5. The molecule has 2 N–H and O–H groups in total. The highest BCUT2D eigenvalue weighted by molar-refractivity contribution is 6.34. The van der Waals surface area contributed by atoms with Crippen molar-refractivity contribution in [1.82, 2.24) is 14.7 Å². The van der Waals surface area contributed by atoms with Crippen molar-refractivity contribution in [2.24, 2.45) is 7.05 Å². The third kappa shape index (κ3) is 6.06. The number of nitriles is 1. The molecule has 43 heavy (non-hydrogen) atoms. The second kappa shape index (κ2) is 11.6. The summed E-state index contributed by atoms with van der Waals surface area (Å²) in [4.78, 5) is 26.4. The number of amides is 2. The van der Waals surface area contributed by atoms with Gasteiger partial charge in [0.1, 0.15) is 16.6 Å². The van der Waals surface area contributed by atoms with Gasteiger partial charge in [0.05, 0.1) is 16.7 Å². The SMILES string of the molecule is CC(=O)N(C(=O)c1cc(/C(C=N)=C/Nc2c(OC(F)F)c(C(C)(C(C)(F)F)C(C)(F)F)nn2C)ccc1Cl)C1(C#N)CC1. The number of benzene rings is 1. The summed E-state index contributed by atoms with van der Waals surface area (Å²) in [6.45, 7) is -1.59. The zero-order valence-corrected chi connectivity index (χ0v) is 24.3. The van der Waals surface area contributed by atoms with E-state index in [2.05, 4.69) is 15.2 Å². The fourth-order valence-electron chi connectivity index (χ4n) is 4.48. The van der Waals surface area contributed by atoms with Gasteiger partial charge >= 0.3 is 6.61 Å². The molecule has 0 atom stereocenters. The Balaban J connectivity index is 2.11. The monoisotopic (exact) mass is 632 g/mol. The van der Waals surface area contributed by atoms with Gasteiger partial charge in [-0.1, -0.05) is 17.7 Å². The molecule has 1 aromatic carbocycles. The number of nitrogens with one attached hydrogen (secondary N) is 2. The summed E-state index contributed by atoms with van der Waals surface area (Å²) in [6.07, 6.45) is 2.38. The lowest BCUT2D eigenvalue weighted by atomic mass is 9.75. The highest BCUT2D eigenvalue weighted by Crippen LogP contribution is 2.53. The lowest BCUT2D eigenvalue weighted by molar-refractivity contribution is -0.173. The van der Waals surface area contributed by atoms with Crippen molar-refractivity contribution >= 4 is 41.0 Å². The average Bonchev–Trinajstić information content (AvgIpc) is 3.61. The van der Waals surface area contributed by atoms with Gasteiger partial charge in [-0.15, -0.1) is 0 Å². The number of aromatic nitrogens is 2. The molecule has 1 fully saturated rings. The molecule has 0 aliphatic heterocycles. The molecule has 9 nitrogen and oxygen atoms in total. The maximum Gasteiger partial charge on any atom is 0.387 e. The Morgan fingerprint density at radius 2 is 1.81 bits per heavy atom. The number of hydrogen-bond donors (Lipinski definition) is 2. The topological polar surface area (TPSA) is 124 Å². The van der Waals surface area contributed by atoms with Crippen molar-refractivity contribution in [2.75, 3.05) is 5.32 Å². The summed E-state index contributed by atoms with van der Waals surface area (Å²) >= 11 is 6.23. The first-order valence-electron chi connectivity index (χ1n) is 12.6. The first-order valence-corrected chi connectivity index (χ1v) is 12.9. The van der Waals surface area contributed by atoms with Crippen LogP contribution in [0.5, 0.6) is 5.75 Å². The van der Waals surface area contributed by atoms with Gasteiger partial charge in [0.2, 0.25) is 5.91 Å². The summed E-state index contributed by atoms with van der Waals surface area (Å²) in [5.74, 6) is -11.4. The van der Waals surface area contributed by atoms with Gasteiger partial charge in [0.15, 0.2) is 11.6 Å². The maximum absolute atomic E-state index is 14.6. The second-order valence-corrected chi connectivity index (χ2v) is 10.7. The Morgan fingerprint density at radius 3 is 2.26 bits per heavy atom. The van der Waals surface area contributed by atoms with Gasteiger partial charge in [0, 0.05) is 45.8 Å². The fraction of sp³-hybridized carbons (Fsp3) is 0.444. The van der Waals surface area contributed by atoms with Crippen LogP contribution in [0.1, 0.15) is 62.2 Å². The number of alkyl halides is 6. The predicted molar refractivity (Wildman–Crippen MR) is 145 cm³/mol. The zero-order chi connectivity index (χ0) is 32.7. The van der Waals surface area contributed by atoms with E-state index in [-0.39, 0.29) is 48.4 Å². The van der Waals surface area contributed by atoms with E-state index in [9.17, 15) is 41.2 Å². The molecule has 1 aliphatic rings. The van der Waals surface area contributed by atoms with Gasteiger partial charge in [-0.3, -0.25) is 14.5 Å². The Kier molecular flexibility index (Phi) is 8.99. The van der Waals surface area contributed by atoms with Gasteiger partial charge in [-0.2, -0.15) is 19.1 Å². The van der Waals surface area contributed by atoms with Crippen molar-refractivity contribution in [3.05, 3.63) is 46.2 Å². The zero-order valence-electron chi connectivity index (χ0n) is 23.5. The van der Waals surface area contributed by atoms with Crippen molar-refractivity contribution in [3.8, 4) is 11.8 Å². The van der Waals surface area contributed by atoms with Crippen LogP contribution in [0.25, 0.3) is 5.57 Å². The molecule has 0 saturated heterocycles. The number of hydrogen-bond acceptors (Lipinski definition) is 7. The lowest BCUT2D eigenvalue weighted by Crippen LogP contribution is -2.53. The molecule has 2 aromatic rings. The van der Waals surface area contributed by atoms with E-state index in [0.29, 0.717) is 6.92 Å². The Bertz CT molecular complexity index is 1500. The van der Waals surface area contributed by atoms with E-state index < -0.39 is 58.5 Å². The molecule has 0 bridgehead atoms. The molecule has 3 rings (SSSR count). The number of imide groups is 1. The number of nitrogens with zero attached hydrogens (tertiary/aromatic N) is 4. The van der Waals surface area contributed by atoms with E-state index in [1.165, 1.54) is 18.2 Å². The van der Waals surface area contributed by atoms with Crippen LogP contribution in [-0.2, 0) is 17.3 Å². The van der Waals surface area contributed by atoms with Crippen molar-refractivity contribution in [2.45, 2.75) is 69.9 Å². The molecule has 1 heterocycles. The molecule has 2 amide bonds. The molecule has 1 aromatic heterocycles. The second-order valence-electron chi connectivity index (χ2n) is 10.3. The van der Waals surface area contributed by atoms with Crippen LogP contribution in [-0.4, -0.2) is 56.7 Å². The number of aryl methyl sites for hydroxylation is 1. The van der Waals surface area contributed by atoms with E-state index in [1.54, 1.807) is 0 Å². The largest absolute Gasteiger partial charge is 0.429 e. The number of carbonyl (C=O) groups is 2. The summed E-state index contributed by atoms with van der Waals surface area (Å²) in [5.41, 5.74) is -5.90. The maximum atomic E-state index is 14.6. The summed E-state index contributed by atoms with van der Waals surface area (Å²) in [7, 11) is 1.11. The normalized spacial score (nSPS) is 15.1. The molecule has 1 aliphatic carbocycles. The van der Waals surface area contributed by atoms with Crippen LogP contribution in [0.2, 0.25) is 5.02 Å². The van der Waals surface area contributed by atoms with E-state index in [0.717, 1.165) is 36.0 Å². The number of allylic oxidation sites excluding steroid dienone is 1. The van der Waals surface area contributed by atoms with Gasteiger partial charge in [-0.25, -0.2) is 22.2 Å². The summed E-state index contributed by atoms with van der Waals surface area (Å²) < 4.78 is 90.5. The van der Waals surface area contributed by atoms with Crippen LogP contribution in [0.4, 0.5) is 32.2 Å². The molecule has 0 unspecified atom stereocenters. The molecule has 0 spiro atoms. The molecular weight excluding hydrogens is 606 g/mol. The van der Waals surface area contributed by atoms with E-state index >= 15 is 0 Å². The van der Waals surface area contributed by atoms with Gasteiger partial charge in [-0.05, 0) is 37.5 Å². The van der Waals surface area contributed by atoms with Crippen molar-refractivity contribution < 1.29 is 40.7 Å². The van der Waals surface area contributed by atoms with Gasteiger partial charge < -0.3 is 15.5 Å². The third-order valence-electron chi connectivity index (χ3n) is 7.37. The lowest BCUT2D eigenvalue weighted by Gasteiger charge is -2.38. The molecule has 1 saturated carbocycles. The quantitative estimate of drug-likeness (QED) is 0.219. The number of anilines is 1. The highest BCUT2D eigenvalue weighted by atomic mass is 35.5. The van der Waals surface area contributed by atoms with Crippen LogP contribution < -0.4 is 10.1 Å². The summed E-state index contributed by atoms with van der Waals surface area (Å²) in [6, 6.07) is 5.86. The molecule has 16 heteroatoms. The smallest absolute Gasteiger partial charge is 0.387 e. The predicted octanol–water partition coefficient (Wildman–Crippen LogP) is 6.39. The number of rotatable bonds is 11. The Hall–Kier alpha value is -4.06. The van der Waals surface area contributed by atoms with E-state index in [4.69, 9.17) is 17.0 Å². The minimum atomic E-state index is -4.16. The first kappa shape index (κ1) is 33.4. The van der Waals surface area contributed by atoms with Crippen LogP contribution in [0, 0.1) is 16.7 Å². The Labute approximate surface area is 247 Å². The fourth-order valence-corrected chi connectivity index (χ4v) is 4.68. The van der Waals surface area contributed by atoms with Gasteiger partial charge in [0.25, 0.3) is 17.8 Å².